The molecule has 15 heteroatoms. The van der Waals surface area contributed by atoms with Crippen molar-refractivity contribution in [3.8, 4) is 17.9 Å². The molecule has 1 aliphatic rings. The second-order valence-corrected chi connectivity index (χ2v) is 9.71. The molecule has 2 N–H and O–H groups in total. The summed E-state index contributed by atoms with van der Waals surface area (Å²) in [4.78, 5) is -0.840. The Morgan fingerprint density at radius 1 is 1.06 bits per heavy atom. The molecule has 2 aromatic rings. The van der Waals surface area contributed by atoms with Gasteiger partial charge in [0, 0.05) is 6.54 Å². The standard InChI is InChI=1S/C21H15F6N3O5S/c22-20(23,24)14-2-4-17(13(6-14)8-29)36(33,34)30-9-18(19(32,10-30)11-31)35-16-3-1-12(7-28)5-15(16)21(25,26)27/h1-6,18,31-32H,9-11H2/t18?,19-/m1/s1. The highest BCUT2D eigenvalue weighted by Gasteiger charge is 2.52. The molecule has 192 valence electrons. The Kier molecular flexibility index (Phi) is 7.00. The van der Waals surface area contributed by atoms with Gasteiger partial charge in [0.05, 0.1) is 46.4 Å². The normalized spacial score (nSPS) is 21.1. The molecule has 2 aromatic carbocycles. The lowest BCUT2D eigenvalue weighted by molar-refractivity contribution is -0.140. The van der Waals surface area contributed by atoms with E-state index in [-0.39, 0.29) is 5.56 Å². The monoisotopic (exact) mass is 535 g/mol. The molecule has 0 aromatic heterocycles. The highest BCUT2D eigenvalue weighted by atomic mass is 32.2. The van der Waals surface area contributed by atoms with Gasteiger partial charge in [-0.05, 0) is 36.4 Å². The smallest absolute Gasteiger partial charge is 0.420 e. The summed E-state index contributed by atoms with van der Waals surface area (Å²) in [6.45, 7) is -2.87. The van der Waals surface area contributed by atoms with Crippen molar-refractivity contribution in [3.05, 3.63) is 58.7 Å². The van der Waals surface area contributed by atoms with Gasteiger partial charge in [0.2, 0.25) is 10.0 Å². The fourth-order valence-electron chi connectivity index (χ4n) is 3.54. The summed E-state index contributed by atoms with van der Waals surface area (Å²) >= 11 is 0. The van der Waals surface area contributed by atoms with Crippen LogP contribution in [0.3, 0.4) is 0 Å². The van der Waals surface area contributed by atoms with Crippen LogP contribution in [0.2, 0.25) is 0 Å². The van der Waals surface area contributed by atoms with E-state index in [9.17, 15) is 50.2 Å². The molecule has 0 bridgehead atoms. The maximum absolute atomic E-state index is 13.5. The fraction of sp³-hybridized carbons (Fsp3) is 0.333. The van der Waals surface area contributed by atoms with Gasteiger partial charge in [-0.3, -0.25) is 0 Å². The molecule has 1 fully saturated rings. The maximum Gasteiger partial charge on any atom is 0.420 e. The van der Waals surface area contributed by atoms with Crippen LogP contribution in [-0.2, 0) is 22.4 Å². The zero-order chi connectivity index (χ0) is 27.1. The van der Waals surface area contributed by atoms with Gasteiger partial charge in [0.25, 0.3) is 0 Å². The average Bonchev–Trinajstić information content (AvgIpc) is 3.15. The van der Waals surface area contributed by atoms with Crippen LogP contribution < -0.4 is 4.74 Å². The summed E-state index contributed by atoms with van der Waals surface area (Å²) in [6, 6.07) is 6.46. The Hall–Kier alpha value is -3.37. The van der Waals surface area contributed by atoms with Gasteiger partial charge in [-0.2, -0.15) is 41.2 Å². The predicted octanol–water partition coefficient (Wildman–Crippen LogP) is 2.64. The lowest BCUT2D eigenvalue weighted by Gasteiger charge is -2.28. The minimum absolute atomic E-state index is 0.321. The predicted molar refractivity (Wildman–Crippen MR) is 108 cm³/mol. The lowest BCUT2D eigenvalue weighted by Crippen LogP contribution is -2.48. The van der Waals surface area contributed by atoms with Crippen LogP contribution >= 0.6 is 0 Å². The molecule has 1 unspecified atom stereocenters. The first kappa shape index (κ1) is 27.2. The zero-order valence-corrected chi connectivity index (χ0v) is 18.6. The Bertz CT molecular complexity index is 1360. The molecule has 0 saturated carbocycles. The van der Waals surface area contributed by atoms with E-state index in [0.29, 0.717) is 28.6 Å². The Morgan fingerprint density at radius 3 is 2.25 bits per heavy atom. The lowest BCUT2D eigenvalue weighted by atomic mass is 10.0. The van der Waals surface area contributed by atoms with Crippen LogP contribution in [0.15, 0.2) is 41.3 Å². The summed E-state index contributed by atoms with van der Waals surface area (Å²) in [5.74, 6) is -0.857. The van der Waals surface area contributed by atoms with E-state index in [0.717, 1.165) is 12.1 Å². The Labute approximate surface area is 200 Å². The average molecular weight is 535 g/mol. The maximum atomic E-state index is 13.5. The van der Waals surface area contributed by atoms with E-state index in [1.165, 1.54) is 12.1 Å². The molecule has 1 aliphatic heterocycles. The third kappa shape index (κ3) is 5.10. The van der Waals surface area contributed by atoms with Crippen LogP contribution in [-0.4, -0.2) is 54.3 Å². The molecule has 36 heavy (non-hydrogen) atoms. The number of ether oxygens (including phenoxy) is 1. The Morgan fingerprint density at radius 2 is 1.72 bits per heavy atom. The van der Waals surface area contributed by atoms with Crippen molar-refractivity contribution in [1.29, 1.82) is 10.5 Å². The summed E-state index contributed by atoms with van der Waals surface area (Å²) in [5.41, 5.74) is -6.30. The molecular formula is C21H15F6N3O5S. The van der Waals surface area contributed by atoms with E-state index in [1.807, 2.05) is 0 Å². The quantitative estimate of drug-likeness (QED) is 0.562. The number of hydrogen-bond acceptors (Lipinski definition) is 7. The fourth-order valence-corrected chi connectivity index (χ4v) is 5.17. The second kappa shape index (κ2) is 9.25. The van der Waals surface area contributed by atoms with E-state index in [2.05, 4.69) is 0 Å². The summed E-state index contributed by atoms with van der Waals surface area (Å²) < 4.78 is 111. The summed E-state index contributed by atoms with van der Waals surface area (Å²) in [6.07, 6.45) is -11.6. The molecular weight excluding hydrogens is 520 g/mol. The van der Waals surface area contributed by atoms with Crippen molar-refractivity contribution in [2.75, 3.05) is 19.7 Å². The van der Waals surface area contributed by atoms with Crippen LogP contribution in [0.4, 0.5) is 26.3 Å². The van der Waals surface area contributed by atoms with Crippen molar-refractivity contribution in [3.63, 3.8) is 0 Å². The number of hydrogen-bond donors (Lipinski definition) is 2. The minimum Gasteiger partial charge on any atom is -0.485 e. The number of rotatable bonds is 5. The minimum atomic E-state index is -4.99. The van der Waals surface area contributed by atoms with Gasteiger partial charge in [0.1, 0.15) is 23.5 Å². The van der Waals surface area contributed by atoms with Crippen molar-refractivity contribution < 1.29 is 49.7 Å². The van der Waals surface area contributed by atoms with Gasteiger partial charge < -0.3 is 14.9 Å². The van der Waals surface area contributed by atoms with E-state index in [4.69, 9.17) is 10.00 Å². The van der Waals surface area contributed by atoms with E-state index >= 15 is 0 Å². The number of β-amino-alcohol motifs (C(OH)–C–C–N with tert-alkyl or cyclic N) is 1. The van der Waals surface area contributed by atoms with Gasteiger partial charge in [-0.15, -0.1) is 0 Å². The topological polar surface area (TPSA) is 135 Å². The molecule has 2 atom stereocenters. The first-order chi connectivity index (χ1) is 16.6. The number of nitrogens with zero attached hydrogens (tertiary/aromatic N) is 3. The van der Waals surface area contributed by atoms with Crippen LogP contribution in [0.25, 0.3) is 0 Å². The molecule has 0 spiro atoms. The molecule has 0 amide bonds. The SMILES string of the molecule is N#Cc1ccc(OC2CN(S(=O)(=O)c3ccc(C(F)(F)F)cc3C#N)C[C@@]2(O)CO)c(C(F)(F)F)c1. The number of aliphatic hydroxyl groups excluding tert-OH is 1. The van der Waals surface area contributed by atoms with Crippen molar-refractivity contribution in [2.45, 2.75) is 29.0 Å². The molecule has 8 nitrogen and oxygen atoms in total. The number of benzene rings is 2. The van der Waals surface area contributed by atoms with Crippen molar-refractivity contribution in [1.82, 2.24) is 4.31 Å². The van der Waals surface area contributed by atoms with Crippen LogP contribution in [0.1, 0.15) is 22.3 Å². The number of nitriles is 2. The molecule has 1 heterocycles. The molecule has 0 radical (unpaired) electrons. The number of alkyl halides is 6. The number of sulfonamides is 1. The van der Waals surface area contributed by atoms with Gasteiger partial charge in [0.15, 0.2) is 0 Å². The molecule has 1 saturated heterocycles. The van der Waals surface area contributed by atoms with Crippen molar-refractivity contribution >= 4 is 10.0 Å². The number of halogens is 6. The molecule has 3 rings (SSSR count). The van der Waals surface area contributed by atoms with Gasteiger partial charge in [-0.1, -0.05) is 0 Å². The first-order valence-electron chi connectivity index (χ1n) is 9.79. The highest BCUT2D eigenvalue weighted by Crippen LogP contribution is 2.40. The highest BCUT2D eigenvalue weighted by molar-refractivity contribution is 7.89. The summed E-state index contributed by atoms with van der Waals surface area (Å²) in [7, 11) is -4.77. The number of aliphatic hydroxyl groups is 2. The third-order valence-electron chi connectivity index (χ3n) is 5.42. The largest absolute Gasteiger partial charge is 0.485 e. The Balaban J connectivity index is 2.00. The zero-order valence-electron chi connectivity index (χ0n) is 17.8. The van der Waals surface area contributed by atoms with E-state index in [1.54, 1.807) is 0 Å². The van der Waals surface area contributed by atoms with E-state index < -0.39 is 81.1 Å². The van der Waals surface area contributed by atoms with Gasteiger partial charge >= 0.3 is 12.4 Å². The van der Waals surface area contributed by atoms with Crippen molar-refractivity contribution in [2.24, 2.45) is 0 Å². The van der Waals surface area contributed by atoms with Gasteiger partial charge in [-0.25, -0.2) is 8.42 Å². The van der Waals surface area contributed by atoms with Crippen LogP contribution in [0.5, 0.6) is 5.75 Å². The first-order valence-corrected chi connectivity index (χ1v) is 11.2. The third-order valence-corrected chi connectivity index (χ3v) is 7.29. The molecule has 0 aliphatic carbocycles. The summed E-state index contributed by atoms with van der Waals surface area (Å²) in [5, 5.41) is 38.5. The van der Waals surface area contributed by atoms with Crippen LogP contribution in [0, 0.1) is 22.7 Å². The second-order valence-electron chi connectivity index (χ2n) is 7.81.